The number of carboxylic acids is 1. The summed E-state index contributed by atoms with van der Waals surface area (Å²) in [5.74, 6) is -1.22. The first kappa shape index (κ1) is 13.9. The van der Waals surface area contributed by atoms with E-state index in [0.29, 0.717) is 0 Å². The van der Waals surface area contributed by atoms with Gasteiger partial charge in [-0.25, -0.2) is 4.79 Å². The lowest BCUT2D eigenvalue weighted by Gasteiger charge is -2.35. The first-order valence-electron chi connectivity index (χ1n) is 5.74. The quantitative estimate of drug-likeness (QED) is 0.715. The molecule has 1 saturated heterocycles. The van der Waals surface area contributed by atoms with Crippen molar-refractivity contribution < 1.29 is 19.4 Å². The van der Waals surface area contributed by atoms with Gasteiger partial charge in [0.1, 0.15) is 13.2 Å². The van der Waals surface area contributed by atoms with Crippen LogP contribution >= 0.6 is 0 Å². The van der Waals surface area contributed by atoms with Crippen LogP contribution in [0.5, 0.6) is 0 Å². The van der Waals surface area contributed by atoms with Crippen molar-refractivity contribution >= 4 is 11.9 Å². The molecule has 0 saturated carbocycles. The molecule has 1 unspecified atom stereocenters. The highest BCUT2D eigenvalue weighted by molar-refractivity contribution is 5.78. The Bertz CT molecular complexity index is 283. The third kappa shape index (κ3) is 4.70. The summed E-state index contributed by atoms with van der Waals surface area (Å²) in [5, 5.41) is 8.39. The number of likely N-dealkylation sites (N-methyl/N-ethyl adjacent to an activating group) is 2. The molecular weight excluding hydrogens is 224 g/mol. The fraction of sp³-hybridized carbons (Fsp3) is 0.818. The molecule has 1 heterocycles. The van der Waals surface area contributed by atoms with Gasteiger partial charge in [0.25, 0.3) is 0 Å². The predicted octanol–water partition coefficient (Wildman–Crippen LogP) is -0.360. The number of nitrogens with zero attached hydrogens (tertiary/aromatic N) is 2. The highest BCUT2D eigenvalue weighted by Gasteiger charge is 2.24. The van der Waals surface area contributed by atoms with E-state index in [1.165, 1.54) is 0 Å². The topological polar surface area (TPSA) is 70.1 Å². The highest BCUT2D eigenvalue weighted by atomic mass is 16.5. The van der Waals surface area contributed by atoms with Gasteiger partial charge in [0.15, 0.2) is 0 Å². The SMILES string of the molecule is CN1CCCC(N(C)C(=O)COCC(=O)O)C1. The predicted molar refractivity (Wildman–Crippen MR) is 61.7 cm³/mol. The van der Waals surface area contributed by atoms with Gasteiger partial charge in [0.2, 0.25) is 5.91 Å². The molecule has 6 nitrogen and oxygen atoms in total. The second-order valence-corrected chi connectivity index (χ2v) is 4.45. The number of hydrogen-bond acceptors (Lipinski definition) is 4. The van der Waals surface area contributed by atoms with Crippen molar-refractivity contribution in [2.75, 3.05) is 40.4 Å². The van der Waals surface area contributed by atoms with Gasteiger partial charge in [-0.1, -0.05) is 0 Å². The summed E-state index contributed by atoms with van der Waals surface area (Å²) in [5.41, 5.74) is 0. The van der Waals surface area contributed by atoms with Crippen LogP contribution in [-0.4, -0.2) is 73.2 Å². The van der Waals surface area contributed by atoms with Gasteiger partial charge >= 0.3 is 5.97 Å². The average molecular weight is 244 g/mol. The Morgan fingerprint density at radius 3 is 2.76 bits per heavy atom. The van der Waals surface area contributed by atoms with Gasteiger partial charge in [-0.15, -0.1) is 0 Å². The van der Waals surface area contributed by atoms with E-state index >= 15 is 0 Å². The molecule has 0 aromatic carbocycles. The fourth-order valence-electron chi connectivity index (χ4n) is 1.99. The third-order valence-electron chi connectivity index (χ3n) is 2.99. The van der Waals surface area contributed by atoms with Crippen molar-refractivity contribution in [3.63, 3.8) is 0 Å². The first-order chi connectivity index (χ1) is 8.00. The average Bonchev–Trinajstić information content (AvgIpc) is 2.27. The number of rotatable bonds is 5. The summed E-state index contributed by atoms with van der Waals surface area (Å²) in [7, 11) is 3.78. The number of carbonyl (C=O) groups is 2. The maximum Gasteiger partial charge on any atom is 0.329 e. The number of ether oxygens (including phenoxy) is 1. The molecule has 1 N–H and O–H groups in total. The highest BCUT2D eigenvalue weighted by Crippen LogP contribution is 2.13. The first-order valence-corrected chi connectivity index (χ1v) is 5.74. The van der Waals surface area contributed by atoms with Crippen molar-refractivity contribution in [2.24, 2.45) is 0 Å². The minimum Gasteiger partial charge on any atom is -0.480 e. The Kier molecular flexibility index (Phi) is 5.37. The summed E-state index contributed by atoms with van der Waals surface area (Å²) in [6.07, 6.45) is 2.07. The van der Waals surface area contributed by atoms with Crippen molar-refractivity contribution in [1.82, 2.24) is 9.80 Å². The molecule has 0 aromatic heterocycles. The molecule has 1 atom stereocenters. The third-order valence-corrected chi connectivity index (χ3v) is 2.99. The Morgan fingerprint density at radius 1 is 1.47 bits per heavy atom. The number of amides is 1. The van der Waals surface area contributed by atoms with E-state index in [2.05, 4.69) is 4.90 Å². The molecule has 1 aliphatic heterocycles. The zero-order chi connectivity index (χ0) is 12.8. The summed E-state index contributed by atoms with van der Waals surface area (Å²) >= 11 is 0. The van der Waals surface area contributed by atoms with Crippen molar-refractivity contribution in [1.29, 1.82) is 0 Å². The van der Waals surface area contributed by atoms with Crippen molar-refractivity contribution in [2.45, 2.75) is 18.9 Å². The lowest BCUT2D eigenvalue weighted by Crippen LogP contribution is -2.48. The van der Waals surface area contributed by atoms with E-state index in [1.807, 2.05) is 7.05 Å². The maximum atomic E-state index is 11.7. The van der Waals surface area contributed by atoms with Gasteiger partial charge in [-0.05, 0) is 26.4 Å². The molecular formula is C11H20N2O4. The second-order valence-electron chi connectivity index (χ2n) is 4.45. The molecule has 0 aromatic rings. The molecule has 1 aliphatic rings. The van der Waals surface area contributed by atoms with Gasteiger partial charge in [0, 0.05) is 19.6 Å². The molecule has 0 spiro atoms. The normalized spacial score (nSPS) is 21.2. The molecule has 0 radical (unpaired) electrons. The van der Waals surface area contributed by atoms with Crippen LogP contribution in [0.3, 0.4) is 0 Å². The van der Waals surface area contributed by atoms with Crippen LogP contribution in [0, 0.1) is 0 Å². The van der Waals surface area contributed by atoms with E-state index in [4.69, 9.17) is 9.84 Å². The van der Waals surface area contributed by atoms with Crippen LogP contribution < -0.4 is 0 Å². The van der Waals surface area contributed by atoms with E-state index < -0.39 is 12.6 Å². The Balaban J connectivity index is 2.32. The zero-order valence-corrected chi connectivity index (χ0v) is 10.4. The number of carbonyl (C=O) groups excluding carboxylic acids is 1. The van der Waals surface area contributed by atoms with Crippen LogP contribution in [0.1, 0.15) is 12.8 Å². The standard InChI is InChI=1S/C11H20N2O4/c1-12-5-3-4-9(6-12)13(2)10(14)7-17-8-11(15)16/h9H,3-8H2,1-2H3,(H,15,16). The minimum atomic E-state index is -1.06. The molecule has 1 amide bonds. The van der Waals surface area contributed by atoms with Crippen LogP contribution in [-0.2, 0) is 14.3 Å². The zero-order valence-electron chi connectivity index (χ0n) is 10.4. The van der Waals surface area contributed by atoms with Crippen LogP contribution in [0.25, 0.3) is 0 Å². The Hall–Kier alpha value is -1.14. The lowest BCUT2D eigenvalue weighted by atomic mass is 10.1. The smallest absolute Gasteiger partial charge is 0.329 e. The van der Waals surface area contributed by atoms with Crippen LogP contribution in [0.4, 0.5) is 0 Å². The number of carboxylic acid groups (broad SMARTS) is 1. The van der Waals surface area contributed by atoms with Crippen LogP contribution in [0.15, 0.2) is 0 Å². The maximum absolute atomic E-state index is 11.7. The van der Waals surface area contributed by atoms with E-state index in [0.717, 1.165) is 25.9 Å². The molecule has 0 bridgehead atoms. The summed E-state index contributed by atoms with van der Waals surface area (Å²) in [4.78, 5) is 25.8. The van der Waals surface area contributed by atoms with Gasteiger partial charge < -0.3 is 19.6 Å². The summed E-state index contributed by atoms with van der Waals surface area (Å²) < 4.78 is 4.79. The molecule has 0 aliphatic carbocycles. The van der Waals surface area contributed by atoms with E-state index in [-0.39, 0.29) is 18.6 Å². The van der Waals surface area contributed by atoms with Crippen molar-refractivity contribution in [3.05, 3.63) is 0 Å². The molecule has 6 heteroatoms. The molecule has 1 fully saturated rings. The number of aliphatic carboxylic acids is 1. The Morgan fingerprint density at radius 2 is 2.18 bits per heavy atom. The summed E-state index contributed by atoms with van der Waals surface area (Å²) in [6, 6.07) is 0.203. The Labute approximate surface area is 101 Å². The number of piperidine rings is 1. The van der Waals surface area contributed by atoms with E-state index in [1.54, 1.807) is 11.9 Å². The monoisotopic (exact) mass is 244 g/mol. The minimum absolute atomic E-state index is 0.161. The van der Waals surface area contributed by atoms with Gasteiger partial charge in [0.05, 0.1) is 0 Å². The van der Waals surface area contributed by atoms with Gasteiger partial charge in [-0.3, -0.25) is 4.79 Å². The molecule has 17 heavy (non-hydrogen) atoms. The largest absolute Gasteiger partial charge is 0.480 e. The molecule has 1 rings (SSSR count). The lowest BCUT2D eigenvalue weighted by molar-refractivity contribution is -0.146. The van der Waals surface area contributed by atoms with Crippen molar-refractivity contribution in [3.8, 4) is 0 Å². The van der Waals surface area contributed by atoms with Gasteiger partial charge in [-0.2, -0.15) is 0 Å². The number of hydrogen-bond donors (Lipinski definition) is 1. The van der Waals surface area contributed by atoms with Crippen LogP contribution in [0.2, 0.25) is 0 Å². The van der Waals surface area contributed by atoms with E-state index in [9.17, 15) is 9.59 Å². The number of likely N-dealkylation sites (tertiary alicyclic amines) is 1. The second kappa shape index (κ2) is 6.56. The fourth-order valence-corrected chi connectivity index (χ4v) is 1.99. The summed E-state index contributed by atoms with van der Waals surface area (Å²) in [6.45, 7) is 1.34. The molecule has 98 valence electrons.